The zero-order chi connectivity index (χ0) is 7.23. The van der Waals surface area contributed by atoms with E-state index in [0.717, 1.165) is 23.5 Å². The molecule has 0 radical (unpaired) electrons. The lowest BCUT2D eigenvalue weighted by atomic mass is 10.3. The summed E-state index contributed by atoms with van der Waals surface area (Å²) in [5.74, 6) is 0. The standard InChI is InChI=1S/C7H8N2S/c1-10-9-6-7-3-2-4-8-5-7/h1-5,9H,6H2. The zero-order valence-electron chi connectivity index (χ0n) is 5.45. The number of nitrogens with zero attached hydrogens (tertiary/aromatic N) is 1. The molecule has 0 unspecified atom stereocenters. The number of hydrogen-bond acceptors (Lipinski definition) is 2. The summed E-state index contributed by atoms with van der Waals surface area (Å²) < 4.78 is 2.92. The topological polar surface area (TPSA) is 24.9 Å². The van der Waals surface area contributed by atoms with E-state index in [1.807, 2.05) is 18.3 Å². The van der Waals surface area contributed by atoms with Crippen LogP contribution in [0.15, 0.2) is 24.5 Å². The van der Waals surface area contributed by atoms with Crippen LogP contribution in [0.25, 0.3) is 0 Å². The second-order valence-electron chi connectivity index (χ2n) is 1.80. The van der Waals surface area contributed by atoms with Gasteiger partial charge < -0.3 is 0 Å². The first-order valence-electron chi connectivity index (χ1n) is 2.91. The summed E-state index contributed by atoms with van der Waals surface area (Å²) in [7, 11) is 0. The first kappa shape index (κ1) is 7.22. The lowest BCUT2D eigenvalue weighted by Crippen LogP contribution is -1.98. The Kier molecular flexibility index (Phi) is 2.90. The van der Waals surface area contributed by atoms with Crippen molar-refractivity contribution in [3.05, 3.63) is 30.1 Å². The van der Waals surface area contributed by atoms with Crippen molar-refractivity contribution in [1.29, 1.82) is 0 Å². The summed E-state index contributed by atoms with van der Waals surface area (Å²) >= 11 is 1.12. The van der Waals surface area contributed by atoms with Crippen molar-refractivity contribution < 1.29 is 0 Å². The predicted octanol–water partition coefficient (Wildman–Crippen LogP) is 1.41. The second kappa shape index (κ2) is 4.01. The Hall–Kier alpha value is -0.890. The molecule has 0 bridgehead atoms. The van der Waals surface area contributed by atoms with Gasteiger partial charge in [0.05, 0.1) is 0 Å². The summed E-state index contributed by atoms with van der Waals surface area (Å²) in [5.41, 5.74) is 6.30. The molecule has 0 amide bonds. The molecule has 0 saturated heterocycles. The van der Waals surface area contributed by atoms with E-state index in [1.165, 1.54) is 0 Å². The van der Waals surface area contributed by atoms with Crippen LogP contribution in [0.5, 0.6) is 0 Å². The summed E-state index contributed by atoms with van der Waals surface area (Å²) in [6, 6.07) is 3.90. The highest BCUT2D eigenvalue weighted by atomic mass is 32.1. The minimum Gasteiger partial charge on any atom is -0.264 e. The fourth-order valence-electron chi connectivity index (χ4n) is 0.628. The number of rotatable bonds is 2. The number of pyridine rings is 1. The van der Waals surface area contributed by atoms with Gasteiger partial charge in [-0.15, -0.1) is 0 Å². The highest BCUT2D eigenvalue weighted by Gasteiger charge is 1.86. The Morgan fingerprint density at radius 2 is 2.60 bits per heavy atom. The van der Waals surface area contributed by atoms with E-state index in [0.29, 0.717) is 0 Å². The average Bonchev–Trinajstić information content (AvgIpc) is 2.03. The van der Waals surface area contributed by atoms with Crippen LogP contribution in [0, 0.1) is 5.69 Å². The van der Waals surface area contributed by atoms with Crippen molar-refractivity contribution in [3.8, 4) is 5.69 Å². The van der Waals surface area contributed by atoms with Crippen molar-refractivity contribution >= 4 is 11.4 Å². The van der Waals surface area contributed by atoms with Crippen LogP contribution in [-0.2, 0) is 6.54 Å². The molecule has 0 aliphatic rings. The van der Waals surface area contributed by atoms with Crippen LogP contribution in [0.3, 0.4) is 0 Å². The van der Waals surface area contributed by atoms with E-state index in [1.54, 1.807) is 6.20 Å². The van der Waals surface area contributed by atoms with Crippen molar-refractivity contribution in [2.75, 3.05) is 0 Å². The average molecular weight is 152 g/mol. The fraction of sp³-hybridized carbons (Fsp3) is 0.143. The van der Waals surface area contributed by atoms with Crippen molar-refractivity contribution in [2.24, 2.45) is 0 Å². The van der Waals surface area contributed by atoms with Gasteiger partial charge in [0.1, 0.15) is 0 Å². The molecule has 0 aliphatic carbocycles. The van der Waals surface area contributed by atoms with Gasteiger partial charge in [-0.25, -0.2) is 4.72 Å². The number of nitrogens with one attached hydrogen (secondary N) is 1. The summed E-state index contributed by atoms with van der Waals surface area (Å²) in [6.45, 7) is 0.759. The summed E-state index contributed by atoms with van der Waals surface area (Å²) in [4.78, 5) is 3.95. The fourth-order valence-corrected chi connectivity index (χ4v) is 0.878. The Balaban J connectivity index is 2.52. The van der Waals surface area contributed by atoms with E-state index in [4.69, 9.17) is 5.69 Å². The Bertz CT molecular complexity index is 227. The molecule has 3 heteroatoms. The van der Waals surface area contributed by atoms with Gasteiger partial charge in [-0.05, 0) is 11.6 Å². The van der Waals surface area contributed by atoms with Gasteiger partial charge in [-0.3, -0.25) is 4.98 Å². The van der Waals surface area contributed by atoms with Crippen LogP contribution in [-0.4, -0.2) is 4.98 Å². The number of hydrogen-bond donors (Lipinski definition) is 1. The largest absolute Gasteiger partial charge is 0.264 e. The van der Waals surface area contributed by atoms with Crippen molar-refractivity contribution in [2.45, 2.75) is 6.54 Å². The van der Waals surface area contributed by atoms with Gasteiger partial charge in [0.25, 0.3) is 0 Å². The lowest BCUT2D eigenvalue weighted by Gasteiger charge is -1.94. The summed E-state index contributed by atoms with van der Waals surface area (Å²) in [6.07, 6.45) is 3.56. The molecular weight excluding hydrogens is 144 g/mol. The highest BCUT2D eigenvalue weighted by molar-refractivity contribution is 7.86. The van der Waals surface area contributed by atoms with Gasteiger partial charge in [0.2, 0.25) is 0 Å². The van der Waals surface area contributed by atoms with Gasteiger partial charge in [-0.2, -0.15) is 0 Å². The Morgan fingerprint density at radius 3 is 3.20 bits per heavy atom. The third-order valence-corrected chi connectivity index (χ3v) is 1.39. The molecule has 0 saturated carbocycles. The van der Waals surface area contributed by atoms with Crippen LogP contribution < -0.4 is 4.72 Å². The zero-order valence-corrected chi connectivity index (χ0v) is 6.27. The monoisotopic (exact) mass is 152 g/mol. The first-order chi connectivity index (χ1) is 4.93. The molecule has 1 heterocycles. The molecule has 0 aliphatic heterocycles. The molecule has 2 nitrogen and oxygen atoms in total. The van der Waals surface area contributed by atoms with Crippen LogP contribution >= 0.6 is 11.4 Å². The van der Waals surface area contributed by atoms with Gasteiger partial charge >= 0.3 is 0 Å². The molecule has 1 aromatic rings. The second-order valence-corrected chi connectivity index (χ2v) is 2.32. The molecule has 1 aromatic heterocycles. The smallest absolute Gasteiger partial charge is 0.0366 e. The third kappa shape index (κ3) is 2.15. The van der Waals surface area contributed by atoms with Gasteiger partial charge in [0.15, 0.2) is 0 Å². The molecule has 0 atom stereocenters. The van der Waals surface area contributed by atoms with Gasteiger partial charge in [0, 0.05) is 18.9 Å². The molecule has 0 spiro atoms. The minimum atomic E-state index is 0.759. The molecular formula is C7H8N2S. The van der Waals surface area contributed by atoms with Crippen molar-refractivity contribution in [3.63, 3.8) is 0 Å². The van der Waals surface area contributed by atoms with Gasteiger partial charge in [-0.1, -0.05) is 23.1 Å². The van der Waals surface area contributed by atoms with E-state index < -0.39 is 0 Å². The quantitative estimate of drug-likeness (QED) is 0.648. The maximum Gasteiger partial charge on any atom is 0.0366 e. The van der Waals surface area contributed by atoms with Crippen LogP contribution in [0.1, 0.15) is 5.56 Å². The summed E-state index contributed by atoms with van der Waals surface area (Å²) in [5, 5.41) is 0. The Labute approximate surface area is 64.0 Å². The molecule has 1 rings (SSSR count). The third-order valence-electron chi connectivity index (χ3n) is 1.08. The van der Waals surface area contributed by atoms with Crippen LogP contribution in [0.2, 0.25) is 0 Å². The predicted molar refractivity (Wildman–Crippen MR) is 43.6 cm³/mol. The maximum atomic E-state index is 5.16. The SMILES string of the molecule is C#SNCc1cccnc1. The molecule has 1 N–H and O–H groups in total. The molecule has 10 heavy (non-hydrogen) atoms. The van der Waals surface area contributed by atoms with Crippen LogP contribution in [0.4, 0.5) is 0 Å². The minimum absolute atomic E-state index is 0.759. The normalized spacial score (nSPS) is 9.10. The Morgan fingerprint density at radius 1 is 1.70 bits per heavy atom. The molecule has 52 valence electrons. The highest BCUT2D eigenvalue weighted by Crippen LogP contribution is 1.94. The maximum absolute atomic E-state index is 5.16. The van der Waals surface area contributed by atoms with Crippen molar-refractivity contribution in [1.82, 2.24) is 9.71 Å². The molecule has 0 aromatic carbocycles. The number of aromatic nitrogens is 1. The first-order valence-corrected chi connectivity index (χ1v) is 3.79. The van der Waals surface area contributed by atoms with E-state index >= 15 is 0 Å². The molecule has 0 fully saturated rings. The lowest BCUT2D eigenvalue weighted by molar-refractivity contribution is 0.971. The van der Waals surface area contributed by atoms with E-state index in [-0.39, 0.29) is 0 Å². The van der Waals surface area contributed by atoms with E-state index in [2.05, 4.69) is 9.71 Å². The van der Waals surface area contributed by atoms with E-state index in [9.17, 15) is 0 Å².